The van der Waals surface area contributed by atoms with Crippen LogP contribution in [0, 0.1) is 12.7 Å². The summed E-state index contributed by atoms with van der Waals surface area (Å²) in [4.78, 5) is 19.5. The lowest BCUT2D eigenvalue weighted by Crippen LogP contribution is -2.40. The van der Waals surface area contributed by atoms with Gasteiger partial charge in [0.2, 0.25) is 0 Å². The van der Waals surface area contributed by atoms with E-state index in [1.54, 1.807) is 30.1 Å². The number of aryl methyl sites for hydroxylation is 2. The highest BCUT2D eigenvalue weighted by molar-refractivity contribution is 5.92. The molecule has 1 aromatic carbocycles. The Morgan fingerprint density at radius 2 is 2.07 bits per heavy atom. The number of nitrogens with zero attached hydrogens (tertiary/aromatic N) is 4. The molecule has 1 atom stereocenters. The van der Waals surface area contributed by atoms with Crippen LogP contribution in [0.2, 0.25) is 0 Å². The molecule has 1 fully saturated rings. The normalized spacial score (nSPS) is 16.8. The highest BCUT2D eigenvalue weighted by Gasteiger charge is 2.27. The summed E-state index contributed by atoms with van der Waals surface area (Å²) < 4.78 is 15.7. The molecule has 0 saturated carbocycles. The summed E-state index contributed by atoms with van der Waals surface area (Å²) in [5.74, 6) is 0.00302. The first-order valence-corrected chi connectivity index (χ1v) is 9.99. The lowest BCUT2D eigenvalue weighted by Gasteiger charge is -2.32. The van der Waals surface area contributed by atoms with Crippen LogP contribution in [-0.2, 0) is 13.5 Å². The van der Waals surface area contributed by atoms with Crippen LogP contribution in [0.25, 0.3) is 0 Å². The van der Waals surface area contributed by atoms with Crippen molar-refractivity contribution >= 4 is 5.91 Å². The molecule has 1 aliphatic heterocycles. The second kappa shape index (κ2) is 8.15. The molecule has 0 spiro atoms. The molecular weight excluding hydrogens is 367 g/mol. The third-order valence-electron chi connectivity index (χ3n) is 5.55. The molecule has 2 aromatic heterocycles. The molecular formula is C23H25FN4O. The Balaban J connectivity index is 1.54. The van der Waals surface area contributed by atoms with Crippen molar-refractivity contribution in [2.45, 2.75) is 32.1 Å². The molecule has 1 saturated heterocycles. The summed E-state index contributed by atoms with van der Waals surface area (Å²) in [6.45, 7) is 3.35. The van der Waals surface area contributed by atoms with Crippen molar-refractivity contribution in [2.24, 2.45) is 7.05 Å². The second-order valence-electron chi connectivity index (χ2n) is 7.74. The maximum absolute atomic E-state index is 14.1. The summed E-state index contributed by atoms with van der Waals surface area (Å²) in [6.07, 6.45) is 4.11. The van der Waals surface area contributed by atoms with E-state index in [1.165, 1.54) is 6.07 Å². The van der Waals surface area contributed by atoms with Gasteiger partial charge in [0.1, 0.15) is 11.5 Å². The number of aromatic nitrogens is 3. The molecule has 4 rings (SSSR count). The number of hydrogen-bond acceptors (Lipinski definition) is 3. The number of amides is 1. The standard InChI is InChI=1S/C23H25FN4O/c1-16-12-17(13-18-6-3-4-8-20(18)24)14-21(26-16)19-7-5-11-28(15-19)23(29)22-9-10-25-27(22)2/h3-4,6,8-10,12,14,19H,5,7,11,13,15H2,1-2H3/t19-/m1/s1. The van der Waals surface area contributed by atoms with Crippen molar-refractivity contribution in [3.63, 3.8) is 0 Å². The molecule has 150 valence electrons. The van der Waals surface area contributed by atoms with Crippen molar-refractivity contribution in [3.05, 3.63) is 82.7 Å². The fraction of sp³-hybridized carbons (Fsp3) is 0.348. The van der Waals surface area contributed by atoms with E-state index in [0.717, 1.165) is 36.3 Å². The number of carbonyl (C=O) groups is 1. The van der Waals surface area contributed by atoms with Gasteiger partial charge in [-0.2, -0.15) is 5.10 Å². The van der Waals surface area contributed by atoms with Gasteiger partial charge in [-0.05, 0) is 55.2 Å². The molecule has 29 heavy (non-hydrogen) atoms. The van der Waals surface area contributed by atoms with E-state index in [-0.39, 0.29) is 17.6 Å². The Hall–Kier alpha value is -3.02. The minimum atomic E-state index is -0.186. The Morgan fingerprint density at radius 1 is 1.24 bits per heavy atom. The summed E-state index contributed by atoms with van der Waals surface area (Å²) in [6, 6.07) is 12.7. The first-order valence-electron chi connectivity index (χ1n) is 9.99. The number of piperidine rings is 1. The van der Waals surface area contributed by atoms with Crippen LogP contribution in [0.5, 0.6) is 0 Å². The zero-order valence-corrected chi connectivity index (χ0v) is 16.8. The van der Waals surface area contributed by atoms with E-state index in [4.69, 9.17) is 4.98 Å². The van der Waals surface area contributed by atoms with Crippen molar-refractivity contribution in [1.82, 2.24) is 19.7 Å². The average Bonchev–Trinajstić information content (AvgIpc) is 3.15. The molecule has 0 N–H and O–H groups in total. The van der Waals surface area contributed by atoms with Crippen LogP contribution in [0.3, 0.4) is 0 Å². The van der Waals surface area contributed by atoms with Gasteiger partial charge in [0, 0.05) is 50.1 Å². The topological polar surface area (TPSA) is 51.0 Å². The molecule has 5 nitrogen and oxygen atoms in total. The third-order valence-corrected chi connectivity index (χ3v) is 5.55. The smallest absolute Gasteiger partial charge is 0.272 e. The summed E-state index contributed by atoms with van der Waals surface area (Å²) >= 11 is 0. The summed E-state index contributed by atoms with van der Waals surface area (Å²) in [5.41, 5.74) is 4.24. The Labute approximate surface area is 170 Å². The van der Waals surface area contributed by atoms with Crippen molar-refractivity contribution in [3.8, 4) is 0 Å². The van der Waals surface area contributed by atoms with Crippen molar-refractivity contribution < 1.29 is 9.18 Å². The lowest BCUT2D eigenvalue weighted by atomic mass is 9.92. The monoisotopic (exact) mass is 392 g/mol. The van der Waals surface area contributed by atoms with E-state index >= 15 is 0 Å². The maximum atomic E-state index is 14.1. The molecule has 1 aliphatic rings. The molecule has 3 aromatic rings. The fourth-order valence-electron chi connectivity index (χ4n) is 4.09. The predicted molar refractivity (Wildman–Crippen MR) is 109 cm³/mol. The van der Waals surface area contributed by atoms with Crippen LogP contribution in [0.1, 0.15) is 51.8 Å². The van der Waals surface area contributed by atoms with Gasteiger partial charge in [-0.1, -0.05) is 18.2 Å². The number of hydrogen-bond donors (Lipinski definition) is 0. The van der Waals surface area contributed by atoms with Gasteiger partial charge in [-0.15, -0.1) is 0 Å². The number of likely N-dealkylation sites (tertiary alicyclic amines) is 1. The molecule has 3 heterocycles. The minimum Gasteiger partial charge on any atom is -0.337 e. The molecule has 0 bridgehead atoms. The van der Waals surface area contributed by atoms with Gasteiger partial charge in [0.15, 0.2) is 0 Å². The number of rotatable bonds is 4. The fourth-order valence-corrected chi connectivity index (χ4v) is 4.09. The van der Waals surface area contributed by atoms with Gasteiger partial charge in [-0.3, -0.25) is 14.5 Å². The molecule has 0 aliphatic carbocycles. The van der Waals surface area contributed by atoms with E-state index in [2.05, 4.69) is 11.2 Å². The van der Waals surface area contributed by atoms with Crippen LogP contribution in [-0.4, -0.2) is 38.7 Å². The van der Waals surface area contributed by atoms with Gasteiger partial charge >= 0.3 is 0 Å². The van der Waals surface area contributed by atoms with E-state index < -0.39 is 0 Å². The molecule has 6 heteroatoms. The first kappa shape index (κ1) is 19.3. The Bertz CT molecular complexity index is 1030. The predicted octanol–water partition coefficient (Wildman–Crippen LogP) is 3.87. The van der Waals surface area contributed by atoms with Gasteiger partial charge in [0.25, 0.3) is 5.91 Å². The summed E-state index contributed by atoms with van der Waals surface area (Å²) in [7, 11) is 1.78. The SMILES string of the molecule is Cc1cc(Cc2ccccc2F)cc([C@@H]2CCCN(C(=O)c3ccnn3C)C2)n1. The molecule has 0 radical (unpaired) electrons. The van der Waals surface area contributed by atoms with E-state index in [1.807, 2.05) is 30.0 Å². The Kier molecular flexibility index (Phi) is 5.43. The van der Waals surface area contributed by atoms with E-state index in [0.29, 0.717) is 24.2 Å². The van der Waals surface area contributed by atoms with E-state index in [9.17, 15) is 9.18 Å². The molecule has 1 amide bonds. The third kappa shape index (κ3) is 4.21. The van der Waals surface area contributed by atoms with Crippen molar-refractivity contribution in [1.29, 1.82) is 0 Å². The number of pyridine rings is 1. The Morgan fingerprint density at radius 3 is 2.83 bits per heavy atom. The van der Waals surface area contributed by atoms with Crippen LogP contribution in [0.4, 0.5) is 4.39 Å². The lowest BCUT2D eigenvalue weighted by molar-refractivity contribution is 0.0694. The van der Waals surface area contributed by atoms with Crippen LogP contribution >= 0.6 is 0 Å². The number of carbonyl (C=O) groups excluding carboxylic acids is 1. The van der Waals surface area contributed by atoms with Crippen LogP contribution in [0.15, 0.2) is 48.7 Å². The van der Waals surface area contributed by atoms with Crippen LogP contribution < -0.4 is 0 Å². The number of benzene rings is 1. The quantitative estimate of drug-likeness (QED) is 0.677. The highest BCUT2D eigenvalue weighted by Crippen LogP contribution is 2.28. The second-order valence-corrected chi connectivity index (χ2v) is 7.74. The highest BCUT2D eigenvalue weighted by atomic mass is 19.1. The van der Waals surface area contributed by atoms with Gasteiger partial charge in [0.05, 0.1) is 0 Å². The maximum Gasteiger partial charge on any atom is 0.272 e. The first-order chi connectivity index (χ1) is 14.0. The zero-order chi connectivity index (χ0) is 20.4. The van der Waals surface area contributed by atoms with Gasteiger partial charge in [-0.25, -0.2) is 4.39 Å². The number of halogens is 1. The average molecular weight is 392 g/mol. The summed E-state index contributed by atoms with van der Waals surface area (Å²) in [5, 5.41) is 4.11. The van der Waals surface area contributed by atoms with Gasteiger partial charge < -0.3 is 4.90 Å². The molecule has 0 unspecified atom stereocenters. The van der Waals surface area contributed by atoms with Crippen molar-refractivity contribution in [2.75, 3.05) is 13.1 Å². The minimum absolute atomic E-state index is 0.00827. The largest absolute Gasteiger partial charge is 0.337 e. The zero-order valence-electron chi connectivity index (χ0n) is 16.8.